The smallest absolute Gasteiger partial charge is 0.310 e. The molecule has 6 nitrogen and oxygen atoms in total. The molecule has 0 heterocycles. The molecule has 0 fully saturated rings. The average Bonchev–Trinajstić information content (AvgIpc) is 2.01. The van der Waals surface area contributed by atoms with Gasteiger partial charge in [-0.15, -0.1) is 0 Å². The van der Waals surface area contributed by atoms with Crippen LogP contribution in [0.15, 0.2) is 0 Å². The van der Waals surface area contributed by atoms with Gasteiger partial charge in [0, 0.05) is 0 Å². The van der Waals surface area contributed by atoms with Crippen LogP contribution in [0.2, 0.25) is 0 Å². The fourth-order valence-electron chi connectivity index (χ4n) is 0.655. The summed E-state index contributed by atoms with van der Waals surface area (Å²) < 4.78 is 46.8. The largest absolute Gasteiger partial charge is 0.469 e. The van der Waals surface area contributed by atoms with E-state index < -0.39 is 33.3 Å². The van der Waals surface area contributed by atoms with Gasteiger partial charge in [0.2, 0.25) is 0 Å². The molecular weight excluding hydrogens is 219 g/mol. The van der Waals surface area contributed by atoms with Crippen LogP contribution in [0.3, 0.4) is 0 Å². The molecule has 0 aliphatic heterocycles. The number of hydrogen-bond donors (Lipinski definition) is 1. The van der Waals surface area contributed by atoms with Crippen molar-refractivity contribution in [3.63, 3.8) is 0 Å². The second kappa shape index (κ2) is 4.01. The van der Waals surface area contributed by atoms with E-state index >= 15 is 0 Å². The Morgan fingerprint density at radius 1 is 1.50 bits per heavy atom. The molecule has 0 aromatic heterocycles. The van der Waals surface area contributed by atoms with Crippen LogP contribution in [0.4, 0.5) is 4.39 Å². The van der Waals surface area contributed by atoms with Crippen molar-refractivity contribution in [1.82, 2.24) is 0 Å². The average molecular weight is 228 g/mol. The summed E-state index contributed by atoms with van der Waals surface area (Å²) in [7, 11) is -4.39. The molecule has 14 heavy (non-hydrogen) atoms. The van der Waals surface area contributed by atoms with Gasteiger partial charge in [0.25, 0.3) is 0 Å². The highest BCUT2D eigenvalue weighted by Gasteiger charge is 2.50. The Bertz CT molecular complexity index is 347. The molecule has 0 aromatic rings. The van der Waals surface area contributed by atoms with E-state index in [9.17, 15) is 22.4 Å². The molecule has 0 aliphatic carbocycles. The maximum Gasteiger partial charge on any atom is 0.310 e. The predicted molar refractivity (Wildman–Crippen MR) is 42.7 cm³/mol. The van der Waals surface area contributed by atoms with Crippen LogP contribution in [0.5, 0.6) is 0 Å². The molecule has 1 atom stereocenters. The molecule has 0 aliphatic rings. The van der Waals surface area contributed by atoms with E-state index in [1.807, 2.05) is 0 Å². The van der Waals surface area contributed by atoms with Gasteiger partial charge in [0.05, 0.1) is 7.11 Å². The van der Waals surface area contributed by atoms with Gasteiger partial charge in [0.15, 0.2) is 5.78 Å². The summed E-state index contributed by atoms with van der Waals surface area (Å²) in [5.74, 6) is -2.73. The molecule has 0 radical (unpaired) electrons. The first-order valence-electron chi connectivity index (χ1n) is 3.39. The summed E-state index contributed by atoms with van der Waals surface area (Å²) in [4.78, 5) is 21.2. The first-order valence-corrected chi connectivity index (χ1v) is 4.83. The lowest BCUT2D eigenvalue weighted by atomic mass is 10.2. The van der Waals surface area contributed by atoms with Crippen LogP contribution in [-0.2, 0) is 24.4 Å². The van der Waals surface area contributed by atoms with Gasteiger partial charge in [-0.05, 0) is 6.92 Å². The second-order valence-electron chi connectivity index (χ2n) is 2.51. The molecule has 0 saturated carbocycles. The zero-order valence-corrected chi connectivity index (χ0v) is 8.30. The molecule has 1 unspecified atom stereocenters. The van der Waals surface area contributed by atoms with Crippen molar-refractivity contribution in [1.29, 1.82) is 0 Å². The van der Waals surface area contributed by atoms with Gasteiger partial charge in [-0.25, -0.2) is 4.39 Å². The number of ketones is 1. The van der Waals surface area contributed by atoms with E-state index in [4.69, 9.17) is 4.55 Å². The molecule has 0 bridgehead atoms. The predicted octanol–water partition coefficient (Wildman–Crippen LogP) is -0.308. The highest BCUT2D eigenvalue weighted by atomic mass is 32.2. The number of esters is 1. The number of methoxy groups -OCH3 is 1. The molecule has 0 spiro atoms. The van der Waals surface area contributed by atoms with E-state index in [-0.39, 0.29) is 0 Å². The Morgan fingerprint density at radius 3 is 2.14 bits per heavy atom. The third-order valence-corrected chi connectivity index (χ3v) is 2.78. The lowest BCUT2D eigenvalue weighted by molar-refractivity contribution is -0.145. The van der Waals surface area contributed by atoms with E-state index in [0.29, 0.717) is 6.92 Å². The van der Waals surface area contributed by atoms with Crippen molar-refractivity contribution in [3.8, 4) is 0 Å². The van der Waals surface area contributed by atoms with E-state index in [1.54, 1.807) is 0 Å². The van der Waals surface area contributed by atoms with Gasteiger partial charge < -0.3 is 4.74 Å². The number of alkyl halides is 1. The van der Waals surface area contributed by atoms with Crippen LogP contribution >= 0.6 is 0 Å². The number of halogens is 1. The maximum atomic E-state index is 13.4. The van der Waals surface area contributed by atoms with Crippen LogP contribution in [0.1, 0.15) is 13.3 Å². The number of Topliss-reactive ketones (excluding diaryl/α,β-unsaturated/α-hetero) is 1. The van der Waals surface area contributed by atoms with Gasteiger partial charge in [-0.1, -0.05) is 0 Å². The van der Waals surface area contributed by atoms with Crippen molar-refractivity contribution < 1.29 is 31.7 Å². The quantitative estimate of drug-likeness (QED) is 0.523. The standard InChI is InChI=1S/C6H9FO6S/c1-4(8)6(7,14(10,11)12)3-5(9)13-2/h3H2,1-2H3,(H,10,11,12). The maximum absolute atomic E-state index is 13.4. The number of hydrogen-bond acceptors (Lipinski definition) is 5. The van der Waals surface area contributed by atoms with Crippen LogP contribution < -0.4 is 0 Å². The van der Waals surface area contributed by atoms with Gasteiger partial charge >= 0.3 is 21.1 Å². The highest BCUT2D eigenvalue weighted by Crippen LogP contribution is 2.24. The van der Waals surface area contributed by atoms with E-state index in [0.717, 1.165) is 7.11 Å². The Hall–Kier alpha value is -1.02. The molecule has 0 saturated heterocycles. The fourth-order valence-corrected chi connectivity index (χ4v) is 1.32. The summed E-state index contributed by atoms with van der Waals surface area (Å²) in [5.41, 5.74) is 0. The Balaban J connectivity index is 5.15. The van der Waals surface area contributed by atoms with Crippen molar-refractivity contribution >= 4 is 21.9 Å². The highest BCUT2D eigenvalue weighted by molar-refractivity contribution is 7.88. The van der Waals surface area contributed by atoms with Crippen LogP contribution in [0, 0.1) is 0 Å². The first kappa shape index (κ1) is 13.0. The van der Waals surface area contributed by atoms with Crippen molar-refractivity contribution in [2.24, 2.45) is 0 Å². The molecule has 8 heteroatoms. The summed E-state index contributed by atoms with van der Waals surface area (Å²) in [5, 5.41) is -3.62. The summed E-state index contributed by atoms with van der Waals surface area (Å²) in [6.45, 7) is 0.608. The van der Waals surface area contributed by atoms with Gasteiger partial charge in [-0.3, -0.25) is 14.1 Å². The number of carbonyl (C=O) groups excluding carboxylic acids is 2. The summed E-state index contributed by atoms with van der Waals surface area (Å²) in [6.07, 6.45) is -1.36. The lowest BCUT2D eigenvalue weighted by Crippen LogP contribution is -2.42. The van der Waals surface area contributed by atoms with E-state index in [1.165, 1.54) is 0 Å². The molecule has 0 amide bonds. The Labute approximate surface area is 79.8 Å². The third kappa shape index (κ3) is 2.48. The third-order valence-electron chi connectivity index (χ3n) is 1.53. The summed E-state index contributed by atoms with van der Waals surface area (Å²) in [6, 6.07) is 0. The van der Waals surface area contributed by atoms with Crippen molar-refractivity contribution in [2.75, 3.05) is 7.11 Å². The topological polar surface area (TPSA) is 97.7 Å². The zero-order chi connectivity index (χ0) is 11.6. The van der Waals surface area contributed by atoms with Gasteiger partial charge in [0.1, 0.15) is 6.42 Å². The second-order valence-corrected chi connectivity index (χ2v) is 4.11. The molecule has 0 rings (SSSR count). The zero-order valence-electron chi connectivity index (χ0n) is 7.48. The van der Waals surface area contributed by atoms with E-state index in [2.05, 4.69) is 4.74 Å². The van der Waals surface area contributed by atoms with Crippen LogP contribution in [0.25, 0.3) is 0 Å². The first-order chi connectivity index (χ1) is 6.15. The molecular formula is C6H9FO6S. The minimum atomic E-state index is -5.29. The van der Waals surface area contributed by atoms with Crippen molar-refractivity contribution in [3.05, 3.63) is 0 Å². The lowest BCUT2D eigenvalue weighted by Gasteiger charge is -2.16. The van der Waals surface area contributed by atoms with Crippen LogP contribution in [-0.4, -0.2) is 36.8 Å². The summed E-state index contributed by atoms with van der Waals surface area (Å²) >= 11 is 0. The SMILES string of the molecule is COC(=O)CC(F)(C(C)=O)S(=O)(=O)O. The monoisotopic (exact) mass is 228 g/mol. The normalized spacial score (nSPS) is 15.7. The Morgan fingerprint density at radius 2 is 1.93 bits per heavy atom. The molecule has 0 aromatic carbocycles. The fraction of sp³-hybridized carbons (Fsp3) is 0.667. The number of ether oxygens (including phenoxy) is 1. The number of rotatable bonds is 4. The minimum Gasteiger partial charge on any atom is -0.469 e. The molecule has 1 N–H and O–H groups in total. The van der Waals surface area contributed by atoms with Gasteiger partial charge in [-0.2, -0.15) is 8.42 Å². The Kier molecular flexibility index (Phi) is 3.72. The number of carbonyl (C=O) groups is 2. The molecule has 82 valence electrons. The minimum absolute atomic E-state index is 0.608. The van der Waals surface area contributed by atoms with Crippen molar-refractivity contribution in [2.45, 2.75) is 18.3 Å².